The number of nitrogens with two attached hydrogens (primary N) is 2. The molecule has 5 N–H and O–H groups in total. The number of hydrogen-bond acceptors (Lipinski definition) is 7. The van der Waals surface area contributed by atoms with Crippen LogP contribution in [0.5, 0.6) is 0 Å². The van der Waals surface area contributed by atoms with Gasteiger partial charge in [-0.2, -0.15) is 4.98 Å². The zero-order chi connectivity index (χ0) is 13.8. The molecule has 0 radical (unpaired) electrons. The lowest BCUT2D eigenvalue weighted by Crippen LogP contribution is -2.18. The van der Waals surface area contributed by atoms with Gasteiger partial charge in [-0.05, 0) is 6.42 Å². The third-order valence-electron chi connectivity index (χ3n) is 2.76. The summed E-state index contributed by atoms with van der Waals surface area (Å²) >= 11 is 0. The Balaban J connectivity index is 2.17. The largest absolute Gasteiger partial charge is 0.394 e. The summed E-state index contributed by atoms with van der Waals surface area (Å²) in [7, 11) is 0. The Morgan fingerprint density at radius 3 is 2.95 bits per heavy atom. The standard InChI is InChI=1S/C11H18N6O2/c1-2-3-8(5-18)19-6-7-4-14-10-9(12)15-11(13)16-17(7)10/h4,8,18H,2-3,5-6H2,1H3,(H4,12,13,15,16)/t8-/m0/s1. The van der Waals surface area contributed by atoms with Crippen LogP contribution < -0.4 is 11.5 Å². The highest BCUT2D eigenvalue weighted by atomic mass is 16.5. The van der Waals surface area contributed by atoms with Crippen LogP contribution >= 0.6 is 0 Å². The number of aliphatic hydroxyl groups excluding tert-OH is 1. The highest BCUT2D eigenvalue weighted by Crippen LogP contribution is 2.13. The average molecular weight is 266 g/mol. The molecule has 19 heavy (non-hydrogen) atoms. The van der Waals surface area contributed by atoms with Gasteiger partial charge in [-0.25, -0.2) is 9.50 Å². The predicted molar refractivity (Wildman–Crippen MR) is 70.2 cm³/mol. The third kappa shape index (κ3) is 2.91. The number of nitrogens with zero attached hydrogens (tertiary/aromatic N) is 4. The number of nitrogen functional groups attached to an aromatic ring is 2. The van der Waals surface area contributed by atoms with Crippen molar-refractivity contribution in [3.05, 3.63) is 11.9 Å². The van der Waals surface area contributed by atoms with Gasteiger partial charge in [0, 0.05) is 0 Å². The SMILES string of the molecule is CCC[C@@H](CO)OCc1cnc2c(N)nc(N)nn12. The van der Waals surface area contributed by atoms with E-state index in [-0.39, 0.29) is 31.1 Å². The van der Waals surface area contributed by atoms with Gasteiger partial charge in [0.1, 0.15) is 0 Å². The van der Waals surface area contributed by atoms with Gasteiger partial charge in [-0.3, -0.25) is 0 Å². The second-order valence-corrected chi connectivity index (χ2v) is 4.24. The van der Waals surface area contributed by atoms with E-state index < -0.39 is 0 Å². The first-order valence-electron chi connectivity index (χ1n) is 6.13. The van der Waals surface area contributed by atoms with Crippen LogP contribution in [0.3, 0.4) is 0 Å². The van der Waals surface area contributed by atoms with Gasteiger partial charge in [0.15, 0.2) is 11.5 Å². The fourth-order valence-electron chi connectivity index (χ4n) is 1.82. The molecule has 0 aromatic carbocycles. The van der Waals surface area contributed by atoms with Gasteiger partial charge in [0.05, 0.1) is 31.2 Å². The first kappa shape index (κ1) is 13.5. The van der Waals surface area contributed by atoms with E-state index in [4.69, 9.17) is 16.2 Å². The summed E-state index contributed by atoms with van der Waals surface area (Å²) in [6.07, 6.45) is 3.17. The molecular weight excluding hydrogens is 248 g/mol. The van der Waals surface area contributed by atoms with Crippen LogP contribution in [0.2, 0.25) is 0 Å². The Labute approximate surface area is 110 Å². The summed E-state index contributed by atoms with van der Waals surface area (Å²) in [5.41, 5.74) is 12.4. The van der Waals surface area contributed by atoms with Crippen molar-refractivity contribution >= 4 is 17.4 Å². The Kier molecular flexibility index (Phi) is 4.13. The molecule has 0 aliphatic rings. The molecule has 104 valence electrons. The molecule has 0 aliphatic carbocycles. The van der Waals surface area contributed by atoms with E-state index in [2.05, 4.69) is 15.1 Å². The van der Waals surface area contributed by atoms with Crippen molar-refractivity contribution in [2.45, 2.75) is 32.5 Å². The molecule has 0 amide bonds. The van der Waals surface area contributed by atoms with Crippen LogP contribution in [0.25, 0.3) is 5.65 Å². The van der Waals surface area contributed by atoms with E-state index in [1.54, 1.807) is 6.20 Å². The van der Waals surface area contributed by atoms with Crippen molar-refractivity contribution in [2.24, 2.45) is 0 Å². The zero-order valence-corrected chi connectivity index (χ0v) is 10.8. The number of hydrogen-bond donors (Lipinski definition) is 3. The smallest absolute Gasteiger partial charge is 0.240 e. The van der Waals surface area contributed by atoms with Crippen LogP contribution in [0.4, 0.5) is 11.8 Å². The highest BCUT2D eigenvalue weighted by molar-refractivity contribution is 5.60. The molecule has 0 unspecified atom stereocenters. The maximum absolute atomic E-state index is 9.17. The lowest BCUT2D eigenvalue weighted by atomic mass is 10.2. The predicted octanol–water partition coefficient (Wildman–Crippen LogP) is -0.0337. The minimum atomic E-state index is -0.188. The summed E-state index contributed by atoms with van der Waals surface area (Å²) in [5, 5.41) is 13.2. The van der Waals surface area contributed by atoms with Gasteiger partial charge in [-0.15, -0.1) is 5.10 Å². The summed E-state index contributed by atoms with van der Waals surface area (Å²) < 4.78 is 7.12. The molecule has 2 aromatic heterocycles. The quantitative estimate of drug-likeness (QED) is 0.670. The molecule has 2 rings (SSSR count). The van der Waals surface area contributed by atoms with Crippen LogP contribution in [-0.4, -0.2) is 37.4 Å². The molecule has 0 aliphatic heterocycles. The minimum Gasteiger partial charge on any atom is -0.394 e. The van der Waals surface area contributed by atoms with E-state index >= 15 is 0 Å². The highest BCUT2D eigenvalue weighted by Gasteiger charge is 2.12. The van der Waals surface area contributed by atoms with Crippen LogP contribution in [0, 0.1) is 0 Å². The van der Waals surface area contributed by atoms with E-state index in [1.165, 1.54) is 4.52 Å². The van der Waals surface area contributed by atoms with Crippen molar-refractivity contribution in [2.75, 3.05) is 18.1 Å². The molecule has 0 fully saturated rings. The maximum Gasteiger partial charge on any atom is 0.240 e. The molecule has 0 bridgehead atoms. The number of anilines is 2. The molecular formula is C11H18N6O2. The maximum atomic E-state index is 9.17. The minimum absolute atomic E-state index is 0.0101. The summed E-state index contributed by atoms with van der Waals surface area (Å²) in [6.45, 7) is 2.31. The van der Waals surface area contributed by atoms with Gasteiger partial charge >= 0.3 is 0 Å². The van der Waals surface area contributed by atoms with Gasteiger partial charge < -0.3 is 21.3 Å². The number of fused-ring (bicyclic) bond motifs is 1. The molecule has 2 aromatic rings. The van der Waals surface area contributed by atoms with E-state index in [9.17, 15) is 5.11 Å². The van der Waals surface area contributed by atoms with Gasteiger partial charge in [0.2, 0.25) is 5.95 Å². The van der Waals surface area contributed by atoms with Gasteiger partial charge in [-0.1, -0.05) is 13.3 Å². The molecule has 2 heterocycles. The summed E-state index contributed by atoms with van der Waals surface area (Å²) in [6, 6.07) is 0. The lowest BCUT2D eigenvalue weighted by molar-refractivity contribution is -0.00432. The Bertz CT molecular complexity index is 555. The molecule has 0 spiro atoms. The normalized spacial score (nSPS) is 12.9. The first-order chi connectivity index (χ1) is 9.15. The third-order valence-corrected chi connectivity index (χ3v) is 2.76. The van der Waals surface area contributed by atoms with E-state index in [0.29, 0.717) is 11.3 Å². The van der Waals surface area contributed by atoms with E-state index in [0.717, 1.165) is 12.8 Å². The van der Waals surface area contributed by atoms with Crippen LogP contribution in [-0.2, 0) is 11.3 Å². The second kappa shape index (κ2) is 5.81. The molecule has 8 heteroatoms. The van der Waals surface area contributed by atoms with Crippen molar-refractivity contribution in [3.63, 3.8) is 0 Å². The fraction of sp³-hybridized carbons (Fsp3) is 0.545. The van der Waals surface area contributed by atoms with Crippen LogP contribution in [0.15, 0.2) is 6.20 Å². The molecule has 0 saturated heterocycles. The Morgan fingerprint density at radius 2 is 2.26 bits per heavy atom. The van der Waals surface area contributed by atoms with Crippen molar-refractivity contribution < 1.29 is 9.84 Å². The first-order valence-corrected chi connectivity index (χ1v) is 6.13. The molecule has 1 atom stereocenters. The summed E-state index contributed by atoms with van der Waals surface area (Å²) in [5.74, 6) is 0.308. The number of aliphatic hydroxyl groups is 1. The van der Waals surface area contributed by atoms with Crippen LogP contribution in [0.1, 0.15) is 25.5 Å². The Hall–Kier alpha value is -1.93. The lowest BCUT2D eigenvalue weighted by Gasteiger charge is -2.13. The topological polar surface area (TPSA) is 125 Å². The van der Waals surface area contributed by atoms with Crippen molar-refractivity contribution in [3.8, 4) is 0 Å². The molecule has 0 saturated carbocycles. The van der Waals surface area contributed by atoms with Crippen molar-refractivity contribution in [1.29, 1.82) is 0 Å². The number of rotatable bonds is 6. The average Bonchev–Trinajstić information content (AvgIpc) is 2.78. The second-order valence-electron chi connectivity index (χ2n) is 4.24. The van der Waals surface area contributed by atoms with Gasteiger partial charge in [0.25, 0.3) is 0 Å². The molecule has 8 nitrogen and oxygen atoms in total. The fourth-order valence-corrected chi connectivity index (χ4v) is 1.82. The number of ether oxygens (including phenoxy) is 1. The zero-order valence-electron chi connectivity index (χ0n) is 10.8. The van der Waals surface area contributed by atoms with E-state index in [1.807, 2.05) is 6.92 Å². The summed E-state index contributed by atoms with van der Waals surface area (Å²) in [4.78, 5) is 7.96. The number of imidazole rings is 1. The number of aromatic nitrogens is 4. The van der Waals surface area contributed by atoms with Crippen molar-refractivity contribution in [1.82, 2.24) is 19.6 Å². The monoisotopic (exact) mass is 266 g/mol. The Morgan fingerprint density at radius 1 is 1.47 bits per heavy atom.